The number of hydrogen-bond donors (Lipinski definition) is 2. The van der Waals surface area contributed by atoms with E-state index in [9.17, 15) is 4.39 Å². The number of nitrogens with zero attached hydrogens (tertiary/aromatic N) is 5. The van der Waals surface area contributed by atoms with Crippen molar-refractivity contribution in [3.05, 3.63) is 65.3 Å². The SMILES string of the molecule is CN=C(NCCCn1nc(C)cc1C)NCc1ccc(-n2ccnc2C)c(F)c1. The molecule has 0 aliphatic rings. The highest BCUT2D eigenvalue weighted by molar-refractivity contribution is 5.79. The molecule has 2 aromatic heterocycles. The molecule has 1 aromatic carbocycles. The van der Waals surface area contributed by atoms with Gasteiger partial charge in [0, 0.05) is 44.8 Å². The third-order valence-electron chi connectivity index (χ3n) is 4.72. The van der Waals surface area contributed by atoms with Crippen LogP contribution in [0.25, 0.3) is 5.69 Å². The maximum Gasteiger partial charge on any atom is 0.191 e. The molecule has 0 aliphatic heterocycles. The van der Waals surface area contributed by atoms with E-state index in [1.807, 2.05) is 24.6 Å². The number of nitrogens with one attached hydrogen (secondary N) is 2. The molecule has 2 N–H and O–H groups in total. The molecule has 29 heavy (non-hydrogen) atoms. The zero-order chi connectivity index (χ0) is 20.8. The van der Waals surface area contributed by atoms with Gasteiger partial charge in [-0.05, 0) is 51.0 Å². The van der Waals surface area contributed by atoms with Crippen LogP contribution in [-0.4, -0.2) is 38.9 Å². The standard InChI is InChI=1S/C21H28FN7/c1-15-12-16(2)29(27-15)10-5-8-25-21(23-4)26-14-18-6-7-20(19(22)13-18)28-11-9-24-17(28)3/h6-7,9,11-13H,5,8,10,14H2,1-4H3,(H2,23,25,26). The highest BCUT2D eigenvalue weighted by Crippen LogP contribution is 2.16. The summed E-state index contributed by atoms with van der Waals surface area (Å²) in [7, 11) is 1.72. The van der Waals surface area contributed by atoms with Crippen LogP contribution in [0.4, 0.5) is 4.39 Å². The second kappa shape index (κ2) is 9.36. The van der Waals surface area contributed by atoms with Crippen molar-refractivity contribution in [2.75, 3.05) is 13.6 Å². The first-order valence-corrected chi connectivity index (χ1v) is 9.72. The molecule has 0 saturated carbocycles. The molecule has 0 spiro atoms. The second-order valence-electron chi connectivity index (χ2n) is 6.99. The minimum atomic E-state index is -0.279. The molecule has 0 aliphatic carbocycles. The van der Waals surface area contributed by atoms with Gasteiger partial charge in [0.2, 0.25) is 0 Å². The normalized spacial score (nSPS) is 11.7. The molecule has 3 rings (SSSR count). The van der Waals surface area contributed by atoms with Crippen molar-refractivity contribution in [3.8, 4) is 5.69 Å². The van der Waals surface area contributed by atoms with E-state index in [2.05, 4.69) is 38.7 Å². The Morgan fingerprint density at radius 1 is 1.17 bits per heavy atom. The monoisotopic (exact) mass is 397 g/mol. The summed E-state index contributed by atoms with van der Waals surface area (Å²) in [6.45, 7) is 8.01. The first kappa shape index (κ1) is 20.6. The summed E-state index contributed by atoms with van der Waals surface area (Å²) in [5, 5.41) is 11.0. The Morgan fingerprint density at radius 3 is 2.62 bits per heavy atom. The van der Waals surface area contributed by atoms with Gasteiger partial charge in [-0.2, -0.15) is 5.10 Å². The zero-order valence-corrected chi connectivity index (χ0v) is 17.4. The van der Waals surface area contributed by atoms with Gasteiger partial charge in [0.15, 0.2) is 5.96 Å². The zero-order valence-electron chi connectivity index (χ0n) is 17.4. The smallest absolute Gasteiger partial charge is 0.191 e. The maximum absolute atomic E-state index is 14.5. The first-order chi connectivity index (χ1) is 14.0. The van der Waals surface area contributed by atoms with Crippen LogP contribution in [0.15, 0.2) is 41.7 Å². The lowest BCUT2D eigenvalue weighted by atomic mass is 10.2. The lowest BCUT2D eigenvalue weighted by Crippen LogP contribution is -2.37. The van der Waals surface area contributed by atoms with Crippen LogP contribution in [0.5, 0.6) is 0 Å². The Kier molecular flexibility index (Phi) is 6.64. The highest BCUT2D eigenvalue weighted by Gasteiger charge is 2.08. The van der Waals surface area contributed by atoms with Crippen LogP contribution in [0.1, 0.15) is 29.2 Å². The predicted octanol–water partition coefficient (Wildman–Crippen LogP) is 2.89. The van der Waals surface area contributed by atoms with Gasteiger partial charge in [-0.1, -0.05) is 6.07 Å². The molecule has 7 nitrogen and oxygen atoms in total. The first-order valence-electron chi connectivity index (χ1n) is 9.72. The summed E-state index contributed by atoms with van der Waals surface area (Å²) in [6.07, 6.45) is 4.34. The summed E-state index contributed by atoms with van der Waals surface area (Å²) < 4.78 is 18.3. The number of imidazole rings is 1. The largest absolute Gasteiger partial charge is 0.356 e. The van der Waals surface area contributed by atoms with Crippen LogP contribution in [0.2, 0.25) is 0 Å². The van der Waals surface area contributed by atoms with Crippen molar-refractivity contribution in [1.82, 2.24) is 30.0 Å². The molecule has 0 radical (unpaired) electrons. The summed E-state index contributed by atoms with van der Waals surface area (Å²) in [4.78, 5) is 8.37. The molecule has 0 saturated heterocycles. The fraction of sp³-hybridized carbons (Fsp3) is 0.381. The third kappa shape index (κ3) is 5.22. The number of benzene rings is 1. The van der Waals surface area contributed by atoms with Crippen molar-refractivity contribution in [1.29, 1.82) is 0 Å². The van der Waals surface area contributed by atoms with Crippen LogP contribution in [-0.2, 0) is 13.1 Å². The van der Waals surface area contributed by atoms with Gasteiger partial charge in [-0.15, -0.1) is 0 Å². The van der Waals surface area contributed by atoms with Gasteiger partial charge in [0.05, 0.1) is 11.4 Å². The highest BCUT2D eigenvalue weighted by atomic mass is 19.1. The molecule has 2 heterocycles. The second-order valence-corrected chi connectivity index (χ2v) is 6.99. The lowest BCUT2D eigenvalue weighted by Gasteiger charge is -2.13. The number of guanidine groups is 1. The van der Waals surface area contributed by atoms with E-state index < -0.39 is 0 Å². The quantitative estimate of drug-likeness (QED) is 0.365. The molecule has 3 aromatic rings. The van der Waals surface area contributed by atoms with E-state index in [-0.39, 0.29) is 5.82 Å². The summed E-state index contributed by atoms with van der Waals surface area (Å²) in [5.74, 6) is 1.16. The van der Waals surface area contributed by atoms with Gasteiger partial charge >= 0.3 is 0 Å². The minimum absolute atomic E-state index is 0.279. The number of aromatic nitrogens is 4. The average molecular weight is 398 g/mol. The van der Waals surface area contributed by atoms with Crippen molar-refractivity contribution in [2.45, 2.75) is 40.3 Å². The summed E-state index contributed by atoms with van der Waals surface area (Å²) >= 11 is 0. The van der Waals surface area contributed by atoms with Crippen LogP contribution in [0.3, 0.4) is 0 Å². The van der Waals surface area contributed by atoms with Crippen molar-refractivity contribution in [3.63, 3.8) is 0 Å². The number of hydrogen-bond acceptors (Lipinski definition) is 3. The van der Waals surface area contributed by atoms with E-state index in [0.717, 1.165) is 36.6 Å². The van der Waals surface area contributed by atoms with Crippen molar-refractivity contribution < 1.29 is 4.39 Å². The fourth-order valence-electron chi connectivity index (χ4n) is 3.23. The van der Waals surface area contributed by atoms with Crippen LogP contribution >= 0.6 is 0 Å². The molecule has 8 heteroatoms. The Morgan fingerprint density at radius 2 is 2.00 bits per heavy atom. The number of halogens is 1. The Bertz CT molecular complexity index is 987. The van der Waals surface area contributed by atoms with Gasteiger partial charge in [-0.3, -0.25) is 9.67 Å². The van der Waals surface area contributed by atoms with Gasteiger partial charge < -0.3 is 15.2 Å². The Labute approximate surface area is 170 Å². The third-order valence-corrected chi connectivity index (χ3v) is 4.72. The molecule has 0 fully saturated rings. The van der Waals surface area contributed by atoms with Crippen LogP contribution < -0.4 is 10.6 Å². The number of aliphatic imine (C=N–C) groups is 1. The number of aryl methyl sites for hydroxylation is 4. The maximum atomic E-state index is 14.5. The van der Waals surface area contributed by atoms with E-state index in [1.54, 1.807) is 30.1 Å². The molecule has 0 atom stereocenters. The lowest BCUT2D eigenvalue weighted by molar-refractivity contribution is 0.555. The van der Waals surface area contributed by atoms with E-state index in [1.165, 1.54) is 11.8 Å². The molecular formula is C21H28FN7. The van der Waals surface area contributed by atoms with Crippen molar-refractivity contribution >= 4 is 5.96 Å². The fourth-order valence-corrected chi connectivity index (χ4v) is 3.23. The van der Waals surface area contributed by atoms with Crippen molar-refractivity contribution in [2.24, 2.45) is 4.99 Å². The average Bonchev–Trinajstić information content (AvgIpc) is 3.25. The Balaban J connectivity index is 1.48. The van der Waals surface area contributed by atoms with Gasteiger partial charge in [0.1, 0.15) is 11.6 Å². The Hall–Kier alpha value is -3.16. The van der Waals surface area contributed by atoms with Gasteiger partial charge in [0.25, 0.3) is 0 Å². The predicted molar refractivity (Wildman–Crippen MR) is 113 cm³/mol. The molecule has 0 unspecified atom stereocenters. The van der Waals surface area contributed by atoms with E-state index in [0.29, 0.717) is 18.2 Å². The van der Waals surface area contributed by atoms with E-state index in [4.69, 9.17) is 0 Å². The van der Waals surface area contributed by atoms with E-state index >= 15 is 0 Å². The molecule has 0 bridgehead atoms. The molecular weight excluding hydrogens is 369 g/mol. The number of rotatable bonds is 7. The molecule has 154 valence electrons. The summed E-state index contributed by atoms with van der Waals surface area (Å²) in [6, 6.07) is 7.29. The summed E-state index contributed by atoms with van der Waals surface area (Å²) in [5.41, 5.74) is 3.54. The molecule has 0 amide bonds. The van der Waals surface area contributed by atoms with Gasteiger partial charge in [-0.25, -0.2) is 9.37 Å². The minimum Gasteiger partial charge on any atom is -0.356 e. The van der Waals surface area contributed by atoms with Crippen LogP contribution in [0, 0.1) is 26.6 Å². The topological polar surface area (TPSA) is 72.1 Å².